The van der Waals surface area contributed by atoms with Gasteiger partial charge in [-0.25, -0.2) is 9.59 Å². The van der Waals surface area contributed by atoms with Crippen molar-refractivity contribution < 1.29 is 29.3 Å². The van der Waals surface area contributed by atoms with Crippen molar-refractivity contribution in [3.8, 4) is 0 Å². The van der Waals surface area contributed by atoms with Gasteiger partial charge >= 0.3 is 18.0 Å². The monoisotopic (exact) mass is 274 g/mol. The third kappa shape index (κ3) is 4.74. The normalized spacial score (nSPS) is 15.5. The Morgan fingerprint density at radius 1 is 1.42 bits per heavy atom. The molecule has 1 aliphatic rings. The number of amides is 2. The van der Waals surface area contributed by atoms with Crippen molar-refractivity contribution >= 4 is 18.0 Å². The molecule has 108 valence electrons. The molecule has 1 fully saturated rings. The van der Waals surface area contributed by atoms with Crippen LogP contribution in [-0.4, -0.2) is 64.9 Å². The number of carbonyl (C=O) groups is 3. The van der Waals surface area contributed by atoms with Crippen LogP contribution in [-0.2, 0) is 14.3 Å². The minimum absolute atomic E-state index is 0.0717. The molecule has 0 radical (unpaired) electrons. The van der Waals surface area contributed by atoms with E-state index in [4.69, 9.17) is 14.9 Å². The van der Waals surface area contributed by atoms with Crippen LogP contribution in [0, 0.1) is 0 Å². The fourth-order valence-corrected chi connectivity index (χ4v) is 1.52. The van der Waals surface area contributed by atoms with Gasteiger partial charge in [0.05, 0.1) is 13.2 Å². The SMILES string of the molecule is CCOC(=O)CN(C(=O)N[C@H](CO)C(=O)O)C1CC1. The second-order valence-electron chi connectivity index (χ2n) is 4.19. The fraction of sp³-hybridized carbons (Fsp3) is 0.727. The van der Waals surface area contributed by atoms with Gasteiger partial charge in [0, 0.05) is 6.04 Å². The van der Waals surface area contributed by atoms with E-state index in [0.29, 0.717) is 0 Å². The summed E-state index contributed by atoms with van der Waals surface area (Å²) in [5.74, 6) is -1.87. The Morgan fingerprint density at radius 3 is 2.47 bits per heavy atom. The number of rotatable bonds is 7. The van der Waals surface area contributed by atoms with E-state index in [0.717, 1.165) is 12.8 Å². The Hall–Kier alpha value is -1.83. The minimum Gasteiger partial charge on any atom is -0.480 e. The van der Waals surface area contributed by atoms with E-state index in [1.165, 1.54) is 4.90 Å². The van der Waals surface area contributed by atoms with Crippen LogP contribution in [0.3, 0.4) is 0 Å². The van der Waals surface area contributed by atoms with E-state index in [-0.39, 0.29) is 19.2 Å². The van der Waals surface area contributed by atoms with Crippen molar-refractivity contribution in [1.82, 2.24) is 10.2 Å². The van der Waals surface area contributed by atoms with Gasteiger partial charge in [0.25, 0.3) is 0 Å². The number of aliphatic hydroxyl groups is 1. The first kappa shape index (κ1) is 15.2. The number of ether oxygens (including phenoxy) is 1. The standard InChI is InChI=1S/C11H18N2O6/c1-2-19-9(15)5-13(7-3-4-7)11(18)12-8(6-14)10(16)17/h7-8,14H,2-6H2,1H3,(H,12,18)(H,16,17)/t8-/m1/s1. The van der Waals surface area contributed by atoms with Gasteiger partial charge in [-0.15, -0.1) is 0 Å². The summed E-state index contributed by atoms with van der Waals surface area (Å²) in [7, 11) is 0. The van der Waals surface area contributed by atoms with Crippen molar-refractivity contribution in [2.24, 2.45) is 0 Å². The quantitative estimate of drug-likeness (QED) is 0.522. The number of hydrogen-bond donors (Lipinski definition) is 3. The Balaban J connectivity index is 2.58. The maximum atomic E-state index is 11.9. The highest BCUT2D eigenvalue weighted by Crippen LogP contribution is 2.26. The number of aliphatic hydroxyl groups excluding tert-OH is 1. The van der Waals surface area contributed by atoms with Gasteiger partial charge in [0.15, 0.2) is 6.04 Å². The summed E-state index contributed by atoms with van der Waals surface area (Å²) in [5.41, 5.74) is 0. The topological polar surface area (TPSA) is 116 Å². The molecule has 1 rings (SSSR count). The molecule has 0 aromatic heterocycles. The molecule has 0 heterocycles. The highest BCUT2D eigenvalue weighted by molar-refractivity contribution is 5.85. The molecule has 0 saturated heterocycles. The van der Waals surface area contributed by atoms with Crippen molar-refractivity contribution in [2.45, 2.75) is 31.8 Å². The minimum atomic E-state index is -1.38. The van der Waals surface area contributed by atoms with E-state index < -0.39 is 30.6 Å². The summed E-state index contributed by atoms with van der Waals surface area (Å²) >= 11 is 0. The van der Waals surface area contributed by atoms with Crippen molar-refractivity contribution in [2.75, 3.05) is 19.8 Å². The molecule has 8 heteroatoms. The molecule has 1 aliphatic carbocycles. The highest BCUT2D eigenvalue weighted by atomic mass is 16.5. The summed E-state index contributed by atoms with van der Waals surface area (Å²) in [4.78, 5) is 35.2. The predicted octanol–water partition coefficient (Wildman–Crippen LogP) is -0.831. The van der Waals surface area contributed by atoms with Gasteiger partial charge in [0.1, 0.15) is 6.54 Å². The lowest BCUT2D eigenvalue weighted by molar-refractivity contribution is -0.143. The van der Waals surface area contributed by atoms with Gasteiger partial charge in [-0.05, 0) is 19.8 Å². The van der Waals surface area contributed by atoms with Crippen molar-refractivity contribution in [3.63, 3.8) is 0 Å². The van der Waals surface area contributed by atoms with Crippen LogP contribution in [0.4, 0.5) is 4.79 Å². The molecule has 0 aromatic carbocycles. The summed E-state index contributed by atoms with van der Waals surface area (Å²) in [5, 5.41) is 19.7. The molecular weight excluding hydrogens is 256 g/mol. The number of nitrogens with one attached hydrogen (secondary N) is 1. The first-order valence-electron chi connectivity index (χ1n) is 6.06. The molecule has 0 spiro atoms. The molecule has 0 aliphatic heterocycles. The maximum Gasteiger partial charge on any atom is 0.328 e. The summed E-state index contributed by atoms with van der Waals surface area (Å²) < 4.78 is 4.75. The number of urea groups is 1. The number of esters is 1. The zero-order valence-corrected chi connectivity index (χ0v) is 10.7. The van der Waals surface area contributed by atoms with Gasteiger partial charge in [0.2, 0.25) is 0 Å². The summed E-state index contributed by atoms with van der Waals surface area (Å²) in [6.07, 6.45) is 1.54. The van der Waals surface area contributed by atoms with Crippen LogP contribution < -0.4 is 5.32 Å². The lowest BCUT2D eigenvalue weighted by Crippen LogP contribution is -2.51. The second-order valence-corrected chi connectivity index (χ2v) is 4.19. The first-order chi connectivity index (χ1) is 8.99. The third-order valence-corrected chi connectivity index (χ3v) is 2.63. The van der Waals surface area contributed by atoms with E-state index in [9.17, 15) is 14.4 Å². The summed E-state index contributed by atoms with van der Waals surface area (Å²) in [6.45, 7) is 0.945. The maximum absolute atomic E-state index is 11.9. The highest BCUT2D eigenvalue weighted by Gasteiger charge is 2.35. The van der Waals surface area contributed by atoms with Crippen LogP contribution in [0.5, 0.6) is 0 Å². The molecule has 1 saturated carbocycles. The van der Waals surface area contributed by atoms with Gasteiger partial charge in [-0.3, -0.25) is 4.79 Å². The number of nitrogens with zero attached hydrogens (tertiary/aromatic N) is 1. The summed E-state index contributed by atoms with van der Waals surface area (Å²) in [6, 6.07) is -2.13. The molecule has 0 aromatic rings. The number of hydrogen-bond acceptors (Lipinski definition) is 5. The Labute approximate surface area is 110 Å². The van der Waals surface area contributed by atoms with Crippen LogP contribution >= 0.6 is 0 Å². The van der Waals surface area contributed by atoms with Gasteiger partial charge in [-0.1, -0.05) is 0 Å². The molecule has 1 atom stereocenters. The largest absolute Gasteiger partial charge is 0.480 e. The van der Waals surface area contributed by atoms with E-state index >= 15 is 0 Å². The zero-order chi connectivity index (χ0) is 14.4. The molecule has 0 bridgehead atoms. The van der Waals surface area contributed by atoms with Gasteiger partial charge < -0.3 is 25.2 Å². The number of carboxylic acid groups (broad SMARTS) is 1. The Kier molecular flexibility index (Phi) is 5.56. The Bertz CT molecular complexity index is 355. The van der Waals surface area contributed by atoms with Crippen molar-refractivity contribution in [3.05, 3.63) is 0 Å². The molecular formula is C11H18N2O6. The van der Waals surface area contributed by atoms with E-state index in [1.54, 1.807) is 6.92 Å². The van der Waals surface area contributed by atoms with E-state index in [1.807, 2.05) is 0 Å². The molecule has 19 heavy (non-hydrogen) atoms. The number of carboxylic acids is 1. The smallest absolute Gasteiger partial charge is 0.328 e. The lowest BCUT2D eigenvalue weighted by atomic mass is 10.3. The molecule has 8 nitrogen and oxygen atoms in total. The molecule has 0 unspecified atom stereocenters. The van der Waals surface area contributed by atoms with Crippen LogP contribution in [0.2, 0.25) is 0 Å². The van der Waals surface area contributed by atoms with Gasteiger partial charge in [-0.2, -0.15) is 0 Å². The van der Waals surface area contributed by atoms with Crippen LogP contribution in [0.1, 0.15) is 19.8 Å². The average Bonchev–Trinajstić information content (AvgIpc) is 3.16. The third-order valence-electron chi connectivity index (χ3n) is 2.63. The first-order valence-corrected chi connectivity index (χ1v) is 6.06. The second kappa shape index (κ2) is 6.93. The van der Waals surface area contributed by atoms with E-state index in [2.05, 4.69) is 5.32 Å². The van der Waals surface area contributed by atoms with Crippen LogP contribution in [0.25, 0.3) is 0 Å². The molecule has 2 amide bonds. The average molecular weight is 274 g/mol. The number of carbonyl (C=O) groups excluding carboxylic acids is 2. The predicted molar refractivity (Wildman–Crippen MR) is 63.4 cm³/mol. The van der Waals surface area contributed by atoms with Crippen molar-refractivity contribution in [1.29, 1.82) is 0 Å². The number of aliphatic carboxylic acids is 1. The molecule has 3 N–H and O–H groups in total. The Morgan fingerprint density at radius 2 is 2.05 bits per heavy atom. The van der Waals surface area contributed by atoms with Crippen LogP contribution in [0.15, 0.2) is 0 Å². The zero-order valence-electron chi connectivity index (χ0n) is 10.7. The lowest BCUT2D eigenvalue weighted by Gasteiger charge is -2.23. The fourth-order valence-electron chi connectivity index (χ4n) is 1.52.